The highest BCUT2D eigenvalue weighted by Gasteiger charge is 2.20. The minimum Gasteiger partial charge on any atom is -0.609 e. The van der Waals surface area contributed by atoms with Gasteiger partial charge in [-0.25, -0.2) is 0 Å². The number of rotatable bonds is 8. The van der Waals surface area contributed by atoms with E-state index in [2.05, 4.69) is 19.7 Å². The molecule has 1 atom stereocenters. The van der Waals surface area contributed by atoms with Gasteiger partial charge in [-0.2, -0.15) is 4.98 Å². The average molecular weight is 369 g/mol. The standard InChI is InChI=1S/C18H21N3O3S/c1-13-16(19-9-8-17(13)24-11-5-10-23-2)12-25(22)18-20-14-6-3-4-7-15(14)21-18/h3-4,6-9H,5,10-12H2,1-2H3,(H,20,21)/i1D3,5D2,10D2,11D2. The lowest BCUT2D eigenvalue weighted by molar-refractivity contribution is 0.172. The molecule has 132 valence electrons. The van der Waals surface area contributed by atoms with Crippen molar-refractivity contribution in [1.82, 2.24) is 15.0 Å². The van der Waals surface area contributed by atoms with Crippen molar-refractivity contribution >= 4 is 22.2 Å². The first-order chi connectivity index (χ1) is 15.6. The summed E-state index contributed by atoms with van der Waals surface area (Å²) in [7, 11) is 0.861. The number of aromatic nitrogens is 3. The van der Waals surface area contributed by atoms with E-state index in [1.807, 2.05) is 0 Å². The molecule has 25 heavy (non-hydrogen) atoms. The monoisotopic (exact) mass is 368 g/mol. The molecule has 6 nitrogen and oxygen atoms in total. The minimum absolute atomic E-state index is 0.0887. The van der Waals surface area contributed by atoms with Gasteiger partial charge in [0.2, 0.25) is 0 Å². The van der Waals surface area contributed by atoms with Gasteiger partial charge in [0.1, 0.15) is 5.75 Å². The van der Waals surface area contributed by atoms with E-state index in [-0.39, 0.29) is 10.9 Å². The predicted octanol–water partition coefficient (Wildman–Crippen LogP) is 2.99. The molecule has 0 aliphatic rings. The highest BCUT2D eigenvalue weighted by Crippen LogP contribution is 2.24. The van der Waals surface area contributed by atoms with Crippen LogP contribution in [0.25, 0.3) is 11.0 Å². The van der Waals surface area contributed by atoms with Crippen molar-refractivity contribution in [1.29, 1.82) is 0 Å². The molecule has 1 N–H and O–H groups in total. The Kier molecular flexibility index (Phi) is 3.19. The fraction of sp³-hybridized carbons (Fsp3) is 0.333. The van der Waals surface area contributed by atoms with E-state index in [0.29, 0.717) is 11.0 Å². The third-order valence-corrected chi connectivity index (χ3v) is 4.37. The maximum Gasteiger partial charge on any atom is 0.322 e. The van der Waals surface area contributed by atoms with Gasteiger partial charge in [0.15, 0.2) is 5.75 Å². The number of pyridine rings is 1. The number of ether oxygens (including phenoxy) is 2. The maximum atomic E-state index is 12.9. The van der Waals surface area contributed by atoms with Crippen LogP contribution in [0.5, 0.6) is 5.75 Å². The molecular weight excluding hydrogens is 338 g/mol. The second kappa shape index (κ2) is 8.33. The summed E-state index contributed by atoms with van der Waals surface area (Å²) in [5.74, 6) is -0.994. The van der Waals surface area contributed by atoms with E-state index < -0.39 is 54.6 Å². The van der Waals surface area contributed by atoms with E-state index in [1.54, 1.807) is 24.3 Å². The smallest absolute Gasteiger partial charge is 0.322 e. The van der Waals surface area contributed by atoms with Crippen molar-refractivity contribution < 1.29 is 26.4 Å². The molecular formula is C18H21N3O3S. The van der Waals surface area contributed by atoms with E-state index >= 15 is 0 Å². The Balaban J connectivity index is 1.99. The van der Waals surface area contributed by atoms with E-state index in [4.69, 9.17) is 17.1 Å². The summed E-state index contributed by atoms with van der Waals surface area (Å²) in [6, 6.07) is 7.98. The van der Waals surface area contributed by atoms with E-state index in [1.165, 1.54) is 0 Å². The molecule has 1 aromatic carbocycles. The first kappa shape index (κ1) is 9.56. The summed E-state index contributed by atoms with van der Waals surface area (Å²) in [6.07, 6.45) is -2.24. The second-order valence-corrected chi connectivity index (χ2v) is 6.18. The van der Waals surface area contributed by atoms with Gasteiger partial charge in [-0.1, -0.05) is 12.1 Å². The molecule has 0 fully saturated rings. The van der Waals surface area contributed by atoms with Crippen molar-refractivity contribution in [2.24, 2.45) is 0 Å². The summed E-state index contributed by atoms with van der Waals surface area (Å²) >= 11 is -1.86. The lowest BCUT2D eigenvalue weighted by Gasteiger charge is -2.12. The number of hydrogen-bond acceptors (Lipinski definition) is 5. The highest BCUT2D eigenvalue weighted by molar-refractivity contribution is 7.90. The zero-order chi connectivity index (χ0) is 25.5. The van der Waals surface area contributed by atoms with Crippen LogP contribution in [-0.4, -0.2) is 39.7 Å². The van der Waals surface area contributed by atoms with Gasteiger partial charge in [0, 0.05) is 49.8 Å². The van der Waals surface area contributed by atoms with Crippen LogP contribution in [-0.2, 0) is 21.7 Å². The molecule has 0 aliphatic heterocycles. The summed E-state index contributed by atoms with van der Waals surface area (Å²) in [6.45, 7) is -9.36. The van der Waals surface area contributed by atoms with Crippen LogP contribution in [0.15, 0.2) is 41.7 Å². The Bertz CT molecular complexity index is 1140. The largest absolute Gasteiger partial charge is 0.609 e. The number of H-pyrrole nitrogens is 1. The van der Waals surface area contributed by atoms with Crippen molar-refractivity contribution in [3.63, 3.8) is 0 Å². The fourth-order valence-electron chi connectivity index (χ4n) is 2.06. The Hall–Kier alpha value is -2.09. The molecule has 0 bridgehead atoms. The number of nitrogens with zero attached hydrogens (tertiary/aromatic N) is 2. The van der Waals surface area contributed by atoms with Crippen LogP contribution >= 0.6 is 0 Å². The maximum absolute atomic E-state index is 12.9. The van der Waals surface area contributed by atoms with Gasteiger partial charge in [-0.3, -0.25) is 9.97 Å². The molecule has 0 saturated heterocycles. The van der Waals surface area contributed by atoms with Crippen LogP contribution in [0.2, 0.25) is 0 Å². The number of aromatic amines is 1. The number of imidazole rings is 1. The lowest BCUT2D eigenvalue weighted by atomic mass is 10.2. The summed E-state index contributed by atoms with van der Waals surface area (Å²) < 4.78 is 93.2. The molecule has 3 rings (SSSR count). The summed E-state index contributed by atoms with van der Waals surface area (Å²) in [5.41, 5.74) is 0.434. The van der Waals surface area contributed by atoms with Gasteiger partial charge in [0.05, 0.1) is 28.8 Å². The van der Waals surface area contributed by atoms with Crippen LogP contribution in [0.1, 0.15) is 30.0 Å². The van der Waals surface area contributed by atoms with Crippen molar-refractivity contribution in [3.8, 4) is 5.75 Å². The van der Waals surface area contributed by atoms with Gasteiger partial charge in [-0.15, -0.1) is 0 Å². The Morgan fingerprint density at radius 2 is 2.20 bits per heavy atom. The van der Waals surface area contributed by atoms with Crippen molar-refractivity contribution in [2.75, 3.05) is 20.2 Å². The summed E-state index contributed by atoms with van der Waals surface area (Å²) in [5, 5.41) is 0.0887. The fourth-order valence-corrected chi connectivity index (χ4v) is 3.09. The van der Waals surface area contributed by atoms with E-state index in [0.717, 1.165) is 19.4 Å². The highest BCUT2D eigenvalue weighted by atomic mass is 32.2. The molecule has 0 spiro atoms. The summed E-state index contributed by atoms with van der Waals surface area (Å²) in [4.78, 5) is 11.1. The number of benzene rings is 1. The number of nitrogens with one attached hydrogen (secondary N) is 1. The molecule has 0 aliphatic carbocycles. The molecule has 0 amide bonds. The number of fused-ring (bicyclic) bond motifs is 1. The zero-order valence-corrected chi connectivity index (χ0v) is 14.0. The second-order valence-electron chi connectivity index (χ2n) is 4.82. The normalized spacial score (nSPS) is 20.0. The van der Waals surface area contributed by atoms with Gasteiger partial charge < -0.3 is 14.0 Å². The lowest BCUT2D eigenvalue weighted by Crippen LogP contribution is -2.10. The van der Waals surface area contributed by atoms with Crippen LogP contribution in [0, 0.1) is 6.85 Å². The van der Waals surface area contributed by atoms with Gasteiger partial charge in [0.25, 0.3) is 0 Å². The van der Waals surface area contributed by atoms with E-state index in [9.17, 15) is 4.55 Å². The minimum atomic E-state index is -3.36. The molecule has 2 aromatic heterocycles. The average Bonchev–Trinajstić information content (AvgIpc) is 3.17. The number of methoxy groups -OCH3 is 1. The van der Waals surface area contributed by atoms with Crippen molar-refractivity contribution in [3.05, 3.63) is 47.8 Å². The van der Waals surface area contributed by atoms with Crippen LogP contribution in [0.3, 0.4) is 0 Å². The number of hydrogen-bond donors (Lipinski definition) is 1. The van der Waals surface area contributed by atoms with Crippen LogP contribution in [0.4, 0.5) is 0 Å². The SMILES string of the molecule is [2H]C([2H])([2H])c1c(OC([2H])([2H])C([2H])([2H])C([2H])([2H])OC)ccnc1C[S+]([O-])c1nc2ccccc2[nH]1. The molecule has 0 radical (unpaired) electrons. The Morgan fingerprint density at radius 1 is 1.32 bits per heavy atom. The third kappa shape index (κ3) is 4.31. The van der Waals surface area contributed by atoms with Crippen molar-refractivity contribution in [2.45, 2.75) is 24.1 Å². The van der Waals surface area contributed by atoms with Gasteiger partial charge >= 0.3 is 5.16 Å². The first-order valence-electron chi connectivity index (χ1n) is 11.7. The zero-order valence-electron chi connectivity index (χ0n) is 22.2. The predicted molar refractivity (Wildman–Crippen MR) is 97.2 cm³/mol. The first-order valence-corrected chi connectivity index (χ1v) is 8.48. The third-order valence-electron chi connectivity index (χ3n) is 3.21. The topological polar surface area (TPSA) is 83.1 Å². The molecule has 7 heteroatoms. The molecule has 0 saturated carbocycles. The molecule has 2 heterocycles. The molecule has 3 aromatic rings. The molecule has 1 unspecified atom stereocenters. The van der Waals surface area contributed by atoms with Gasteiger partial charge in [-0.05, 0) is 25.1 Å². The Morgan fingerprint density at radius 3 is 3.00 bits per heavy atom. The quantitative estimate of drug-likeness (QED) is 0.618. The Labute approximate surface area is 162 Å². The van der Waals surface area contributed by atoms with Crippen LogP contribution < -0.4 is 4.74 Å². The number of para-hydroxylation sites is 2.